The van der Waals surface area contributed by atoms with Gasteiger partial charge >= 0.3 is 0 Å². The van der Waals surface area contributed by atoms with E-state index in [-0.39, 0.29) is 16.5 Å². The maximum Gasteiger partial charge on any atom is 0.272 e. The average Bonchev–Trinajstić information content (AvgIpc) is 2.45. The summed E-state index contributed by atoms with van der Waals surface area (Å²) in [5.41, 5.74) is 0.227. The van der Waals surface area contributed by atoms with Gasteiger partial charge in [-0.15, -0.1) is 0 Å². The minimum Gasteiger partial charge on any atom is -0.380 e. The lowest BCUT2D eigenvalue weighted by atomic mass is 9.94. The Kier molecular flexibility index (Phi) is 4.27. The lowest BCUT2D eigenvalue weighted by molar-refractivity contribution is -0.385. The first-order valence-electron chi connectivity index (χ1n) is 7.13. The summed E-state index contributed by atoms with van der Waals surface area (Å²) in [6, 6.07) is 4.93. The van der Waals surface area contributed by atoms with Gasteiger partial charge in [0.25, 0.3) is 11.6 Å². The standard InChI is InChI=1S/C15H20N2O4/c1-3-8-15(2,19)14(18)16-9-7-12-11(10-16)5-4-6-13(12)17(20)21/h4-6,19H,3,7-10H2,1-2H3. The fourth-order valence-corrected chi connectivity index (χ4v) is 2.87. The largest absolute Gasteiger partial charge is 0.380 e. The van der Waals surface area contributed by atoms with Crippen molar-refractivity contribution in [1.29, 1.82) is 0 Å². The lowest BCUT2D eigenvalue weighted by Gasteiger charge is -2.34. The second kappa shape index (κ2) is 5.81. The van der Waals surface area contributed by atoms with E-state index in [1.54, 1.807) is 17.0 Å². The molecule has 2 rings (SSSR count). The van der Waals surface area contributed by atoms with Gasteiger partial charge in [0.2, 0.25) is 0 Å². The zero-order valence-corrected chi connectivity index (χ0v) is 12.3. The molecular weight excluding hydrogens is 272 g/mol. The smallest absolute Gasteiger partial charge is 0.272 e. The van der Waals surface area contributed by atoms with E-state index in [1.165, 1.54) is 13.0 Å². The van der Waals surface area contributed by atoms with Crippen molar-refractivity contribution in [3.63, 3.8) is 0 Å². The summed E-state index contributed by atoms with van der Waals surface area (Å²) in [5, 5.41) is 21.2. The minimum atomic E-state index is -1.37. The van der Waals surface area contributed by atoms with E-state index >= 15 is 0 Å². The maximum absolute atomic E-state index is 12.4. The molecule has 1 unspecified atom stereocenters. The quantitative estimate of drug-likeness (QED) is 0.680. The highest BCUT2D eigenvalue weighted by Crippen LogP contribution is 2.29. The number of amides is 1. The van der Waals surface area contributed by atoms with Gasteiger partial charge in [0.1, 0.15) is 5.60 Å². The number of hydrogen-bond acceptors (Lipinski definition) is 4. The first kappa shape index (κ1) is 15.4. The van der Waals surface area contributed by atoms with Crippen LogP contribution in [0.5, 0.6) is 0 Å². The Balaban J connectivity index is 2.22. The number of carbonyl (C=O) groups is 1. The van der Waals surface area contributed by atoms with Gasteiger partial charge in [-0.3, -0.25) is 14.9 Å². The molecule has 0 aromatic heterocycles. The van der Waals surface area contributed by atoms with Crippen LogP contribution in [0.15, 0.2) is 18.2 Å². The highest BCUT2D eigenvalue weighted by atomic mass is 16.6. The van der Waals surface area contributed by atoms with Gasteiger partial charge in [-0.1, -0.05) is 25.5 Å². The summed E-state index contributed by atoms with van der Waals surface area (Å²) < 4.78 is 0. The van der Waals surface area contributed by atoms with Crippen molar-refractivity contribution in [2.24, 2.45) is 0 Å². The molecule has 1 heterocycles. The Labute approximate surface area is 123 Å². The summed E-state index contributed by atoms with van der Waals surface area (Å²) in [6.45, 7) is 4.16. The molecule has 1 N–H and O–H groups in total. The Morgan fingerprint density at radius 3 is 2.86 bits per heavy atom. The number of rotatable bonds is 4. The number of aliphatic hydroxyl groups is 1. The Morgan fingerprint density at radius 2 is 2.24 bits per heavy atom. The van der Waals surface area contributed by atoms with E-state index in [0.717, 1.165) is 5.56 Å². The summed E-state index contributed by atoms with van der Waals surface area (Å²) in [5.74, 6) is -0.304. The van der Waals surface area contributed by atoms with E-state index in [2.05, 4.69) is 0 Å². The normalized spacial score (nSPS) is 17.0. The molecule has 1 aliphatic heterocycles. The van der Waals surface area contributed by atoms with Gasteiger partial charge < -0.3 is 10.0 Å². The van der Waals surface area contributed by atoms with Crippen molar-refractivity contribution < 1.29 is 14.8 Å². The molecule has 1 aromatic rings. The minimum absolute atomic E-state index is 0.111. The van der Waals surface area contributed by atoms with Crippen molar-refractivity contribution in [1.82, 2.24) is 4.90 Å². The van der Waals surface area contributed by atoms with E-state index < -0.39 is 5.60 Å². The van der Waals surface area contributed by atoms with Gasteiger partial charge in [0.15, 0.2) is 0 Å². The number of nitro benzene ring substituents is 1. The number of nitrogens with zero attached hydrogens (tertiary/aromatic N) is 2. The van der Waals surface area contributed by atoms with Crippen molar-refractivity contribution in [2.45, 2.75) is 45.3 Å². The fraction of sp³-hybridized carbons (Fsp3) is 0.533. The van der Waals surface area contributed by atoms with E-state index in [4.69, 9.17) is 0 Å². The molecule has 1 amide bonds. The number of benzene rings is 1. The first-order chi connectivity index (χ1) is 9.86. The average molecular weight is 292 g/mol. The van der Waals surface area contributed by atoms with Crippen LogP contribution < -0.4 is 0 Å². The molecular formula is C15H20N2O4. The SMILES string of the molecule is CCCC(C)(O)C(=O)N1CCc2c(cccc2[N+](=O)[O-])C1. The summed E-state index contributed by atoms with van der Waals surface area (Å²) in [7, 11) is 0. The number of nitro groups is 1. The van der Waals surface area contributed by atoms with Crippen molar-refractivity contribution in [3.8, 4) is 0 Å². The fourth-order valence-electron chi connectivity index (χ4n) is 2.87. The molecule has 0 radical (unpaired) electrons. The Hall–Kier alpha value is -1.95. The van der Waals surface area contributed by atoms with Crippen LogP contribution in [0, 0.1) is 10.1 Å². The summed E-state index contributed by atoms with van der Waals surface area (Å²) >= 11 is 0. The molecule has 6 nitrogen and oxygen atoms in total. The molecule has 1 aliphatic rings. The molecule has 21 heavy (non-hydrogen) atoms. The van der Waals surface area contributed by atoms with E-state index in [9.17, 15) is 20.0 Å². The summed E-state index contributed by atoms with van der Waals surface area (Å²) in [4.78, 5) is 24.6. The molecule has 1 atom stereocenters. The Bertz CT molecular complexity index is 569. The zero-order valence-electron chi connectivity index (χ0n) is 12.3. The Morgan fingerprint density at radius 1 is 1.52 bits per heavy atom. The molecule has 1 aromatic carbocycles. The molecule has 0 saturated carbocycles. The number of hydrogen-bond donors (Lipinski definition) is 1. The maximum atomic E-state index is 12.4. The third kappa shape index (κ3) is 3.05. The molecule has 114 valence electrons. The third-order valence-corrected chi connectivity index (χ3v) is 3.92. The van der Waals surface area contributed by atoms with Crippen LogP contribution in [0.1, 0.15) is 37.8 Å². The van der Waals surface area contributed by atoms with Crippen LogP contribution in [-0.2, 0) is 17.8 Å². The van der Waals surface area contributed by atoms with Gasteiger partial charge in [0.05, 0.1) is 4.92 Å². The summed E-state index contributed by atoms with van der Waals surface area (Å²) in [6.07, 6.45) is 1.57. The van der Waals surface area contributed by atoms with Crippen molar-refractivity contribution in [3.05, 3.63) is 39.4 Å². The lowest BCUT2D eigenvalue weighted by Crippen LogP contribution is -2.48. The highest BCUT2D eigenvalue weighted by molar-refractivity contribution is 5.84. The molecule has 0 bridgehead atoms. The van der Waals surface area contributed by atoms with Crippen LogP contribution in [0.3, 0.4) is 0 Å². The van der Waals surface area contributed by atoms with Crippen LogP contribution in [0.25, 0.3) is 0 Å². The molecule has 6 heteroatoms. The molecule has 0 aliphatic carbocycles. The van der Waals surface area contributed by atoms with Gasteiger partial charge in [0, 0.05) is 24.7 Å². The van der Waals surface area contributed by atoms with Crippen LogP contribution in [-0.4, -0.2) is 33.0 Å². The zero-order chi connectivity index (χ0) is 15.6. The van der Waals surface area contributed by atoms with Gasteiger partial charge in [-0.05, 0) is 25.3 Å². The second-order valence-corrected chi connectivity index (χ2v) is 5.67. The topological polar surface area (TPSA) is 83.7 Å². The first-order valence-corrected chi connectivity index (χ1v) is 7.13. The van der Waals surface area contributed by atoms with E-state index in [1.807, 2.05) is 6.92 Å². The number of fused-ring (bicyclic) bond motifs is 1. The van der Waals surface area contributed by atoms with Crippen LogP contribution in [0.2, 0.25) is 0 Å². The molecule has 0 fully saturated rings. The predicted octanol–water partition coefficient (Wildman–Crippen LogP) is 2.03. The van der Waals surface area contributed by atoms with Crippen LogP contribution >= 0.6 is 0 Å². The van der Waals surface area contributed by atoms with Gasteiger partial charge in [-0.2, -0.15) is 0 Å². The number of carbonyl (C=O) groups excluding carboxylic acids is 1. The molecule has 0 spiro atoms. The van der Waals surface area contributed by atoms with Crippen molar-refractivity contribution >= 4 is 11.6 Å². The molecule has 0 saturated heterocycles. The van der Waals surface area contributed by atoms with Gasteiger partial charge in [-0.25, -0.2) is 0 Å². The van der Waals surface area contributed by atoms with E-state index in [0.29, 0.717) is 37.9 Å². The second-order valence-electron chi connectivity index (χ2n) is 5.67. The highest BCUT2D eigenvalue weighted by Gasteiger charge is 2.35. The third-order valence-electron chi connectivity index (χ3n) is 3.92. The monoisotopic (exact) mass is 292 g/mol. The van der Waals surface area contributed by atoms with Crippen LogP contribution in [0.4, 0.5) is 5.69 Å². The van der Waals surface area contributed by atoms with Crippen molar-refractivity contribution in [2.75, 3.05) is 6.54 Å². The predicted molar refractivity (Wildman–Crippen MR) is 77.7 cm³/mol.